The minimum Gasteiger partial charge on any atom is -0.497 e. The Hall–Kier alpha value is -2.12. The fraction of sp³-hybridized carbons (Fsp3) is 0.200. The van der Waals surface area contributed by atoms with Gasteiger partial charge in [0, 0.05) is 12.6 Å². The summed E-state index contributed by atoms with van der Waals surface area (Å²) in [7, 11) is -0.682. The van der Waals surface area contributed by atoms with Crippen LogP contribution in [0.15, 0.2) is 47.4 Å². The van der Waals surface area contributed by atoms with Crippen LogP contribution < -0.4 is 14.2 Å². The molecule has 118 valence electrons. The van der Waals surface area contributed by atoms with Crippen LogP contribution in [-0.4, -0.2) is 22.6 Å². The van der Waals surface area contributed by atoms with Crippen molar-refractivity contribution in [1.29, 1.82) is 0 Å². The molecule has 2 rings (SSSR count). The Morgan fingerprint density at radius 2 is 1.55 bits per heavy atom. The largest absolute Gasteiger partial charge is 0.497 e. The molecule has 2 aromatic carbocycles. The molecule has 22 heavy (non-hydrogen) atoms. The molecule has 7 heteroatoms. The molecule has 0 saturated heterocycles. The SMILES string of the molecule is COc1cc(CNS(=O)(=O)c2ccc(F)cc2)cc(OC)c1. The minimum atomic E-state index is -3.71. The van der Waals surface area contributed by atoms with Crippen molar-refractivity contribution in [3.8, 4) is 11.5 Å². The average Bonchev–Trinajstić information content (AvgIpc) is 2.53. The Labute approximate surface area is 128 Å². The van der Waals surface area contributed by atoms with Crippen molar-refractivity contribution in [3.05, 3.63) is 53.8 Å². The first-order valence-corrected chi connectivity index (χ1v) is 7.90. The Balaban J connectivity index is 2.16. The molecule has 0 radical (unpaired) electrons. The number of ether oxygens (including phenoxy) is 2. The number of halogens is 1. The third-order valence-corrected chi connectivity index (χ3v) is 4.42. The summed E-state index contributed by atoms with van der Waals surface area (Å²) in [5.74, 6) is 0.641. The molecule has 0 amide bonds. The van der Waals surface area contributed by atoms with Gasteiger partial charge in [0.2, 0.25) is 10.0 Å². The van der Waals surface area contributed by atoms with Crippen LogP contribution in [0.2, 0.25) is 0 Å². The first-order valence-electron chi connectivity index (χ1n) is 6.42. The van der Waals surface area contributed by atoms with Gasteiger partial charge in [-0.1, -0.05) is 0 Å². The van der Waals surface area contributed by atoms with Crippen LogP contribution in [-0.2, 0) is 16.6 Å². The normalized spacial score (nSPS) is 11.2. The first-order chi connectivity index (χ1) is 10.4. The molecule has 1 N–H and O–H groups in total. The van der Waals surface area contributed by atoms with E-state index >= 15 is 0 Å². The second kappa shape index (κ2) is 6.76. The van der Waals surface area contributed by atoms with E-state index in [1.807, 2.05) is 0 Å². The molecule has 0 atom stereocenters. The Kier molecular flexibility index (Phi) is 4.99. The van der Waals surface area contributed by atoms with Crippen LogP contribution in [0, 0.1) is 5.82 Å². The number of rotatable bonds is 6. The van der Waals surface area contributed by atoms with E-state index in [-0.39, 0.29) is 11.4 Å². The first kappa shape index (κ1) is 16.3. The number of benzene rings is 2. The summed E-state index contributed by atoms with van der Waals surface area (Å²) < 4.78 is 49.8. The number of nitrogens with one attached hydrogen (secondary N) is 1. The van der Waals surface area contributed by atoms with Gasteiger partial charge < -0.3 is 9.47 Å². The Morgan fingerprint density at radius 1 is 1.00 bits per heavy atom. The van der Waals surface area contributed by atoms with Crippen molar-refractivity contribution in [3.63, 3.8) is 0 Å². The third kappa shape index (κ3) is 3.96. The topological polar surface area (TPSA) is 64.6 Å². The summed E-state index contributed by atoms with van der Waals surface area (Å²) >= 11 is 0. The molecule has 0 unspecified atom stereocenters. The molecule has 0 spiro atoms. The maximum Gasteiger partial charge on any atom is 0.240 e. The van der Waals surface area contributed by atoms with Crippen LogP contribution in [0.5, 0.6) is 11.5 Å². The monoisotopic (exact) mass is 325 g/mol. The van der Waals surface area contributed by atoms with E-state index in [1.54, 1.807) is 18.2 Å². The number of hydrogen-bond donors (Lipinski definition) is 1. The van der Waals surface area contributed by atoms with Gasteiger partial charge in [-0.2, -0.15) is 0 Å². The molecule has 0 aliphatic carbocycles. The highest BCUT2D eigenvalue weighted by atomic mass is 32.2. The van der Waals surface area contributed by atoms with E-state index < -0.39 is 15.8 Å². The third-order valence-electron chi connectivity index (χ3n) is 3.00. The van der Waals surface area contributed by atoms with Gasteiger partial charge in [-0.25, -0.2) is 17.5 Å². The second-order valence-corrected chi connectivity index (χ2v) is 6.27. The van der Waals surface area contributed by atoms with Crippen molar-refractivity contribution in [2.24, 2.45) is 0 Å². The van der Waals surface area contributed by atoms with Crippen LogP contribution in [0.4, 0.5) is 4.39 Å². The summed E-state index contributed by atoms with van der Waals surface area (Å²) in [4.78, 5) is 0.00348. The standard InChI is InChI=1S/C15H16FNO4S/c1-20-13-7-11(8-14(9-13)21-2)10-17-22(18,19)15-5-3-12(16)4-6-15/h3-9,17H,10H2,1-2H3. The molecule has 0 heterocycles. The predicted octanol–water partition coefficient (Wildman–Crippen LogP) is 2.32. The van der Waals surface area contributed by atoms with E-state index in [1.165, 1.54) is 26.4 Å². The van der Waals surface area contributed by atoms with Gasteiger partial charge in [-0.3, -0.25) is 0 Å². The van der Waals surface area contributed by atoms with Crippen molar-refractivity contribution in [2.75, 3.05) is 14.2 Å². The summed E-state index contributed by atoms with van der Waals surface area (Å²) in [6.45, 7) is 0.0628. The van der Waals surface area contributed by atoms with Crippen molar-refractivity contribution in [2.45, 2.75) is 11.4 Å². The lowest BCUT2D eigenvalue weighted by Crippen LogP contribution is -2.23. The summed E-state index contributed by atoms with van der Waals surface area (Å²) in [6.07, 6.45) is 0. The molecule has 0 aliphatic rings. The van der Waals surface area contributed by atoms with Gasteiger partial charge in [0.25, 0.3) is 0 Å². The van der Waals surface area contributed by atoms with Gasteiger partial charge in [0.1, 0.15) is 17.3 Å². The van der Waals surface area contributed by atoms with Gasteiger partial charge >= 0.3 is 0 Å². The highest BCUT2D eigenvalue weighted by Crippen LogP contribution is 2.22. The lowest BCUT2D eigenvalue weighted by molar-refractivity contribution is 0.393. The van der Waals surface area contributed by atoms with Gasteiger partial charge in [-0.15, -0.1) is 0 Å². The van der Waals surface area contributed by atoms with E-state index in [0.717, 1.165) is 12.1 Å². The predicted molar refractivity (Wildman–Crippen MR) is 80.0 cm³/mol. The maximum atomic E-state index is 12.8. The summed E-state index contributed by atoms with van der Waals surface area (Å²) in [6, 6.07) is 9.73. The zero-order chi connectivity index (χ0) is 16.2. The summed E-state index contributed by atoms with van der Waals surface area (Å²) in [5, 5.41) is 0. The molecule has 0 saturated carbocycles. The lowest BCUT2D eigenvalue weighted by Gasteiger charge is -2.10. The van der Waals surface area contributed by atoms with Gasteiger partial charge in [0.05, 0.1) is 19.1 Å². The molecule has 0 aromatic heterocycles. The maximum absolute atomic E-state index is 12.8. The molecule has 2 aromatic rings. The molecule has 0 aliphatic heterocycles. The van der Waals surface area contributed by atoms with E-state index in [9.17, 15) is 12.8 Å². The van der Waals surface area contributed by atoms with Crippen molar-refractivity contribution < 1.29 is 22.3 Å². The summed E-state index contributed by atoms with van der Waals surface area (Å²) in [5.41, 5.74) is 0.682. The van der Waals surface area contributed by atoms with Crippen LogP contribution in [0.3, 0.4) is 0 Å². The molecule has 5 nitrogen and oxygen atoms in total. The Bertz CT molecular complexity index is 722. The average molecular weight is 325 g/mol. The lowest BCUT2D eigenvalue weighted by atomic mass is 10.2. The highest BCUT2D eigenvalue weighted by Gasteiger charge is 2.14. The number of sulfonamides is 1. The fourth-order valence-electron chi connectivity index (χ4n) is 1.84. The van der Waals surface area contributed by atoms with Gasteiger partial charge in [-0.05, 0) is 42.0 Å². The fourth-order valence-corrected chi connectivity index (χ4v) is 2.86. The van der Waals surface area contributed by atoms with E-state index in [0.29, 0.717) is 17.1 Å². The van der Waals surface area contributed by atoms with Crippen molar-refractivity contribution >= 4 is 10.0 Å². The zero-order valence-corrected chi connectivity index (χ0v) is 13.0. The molecular weight excluding hydrogens is 309 g/mol. The van der Waals surface area contributed by atoms with Gasteiger partial charge in [0.15, 0.2) is 0 Å². The smallest absolute Gasteiger partial charge is 0.240 e. The number of methoxy groups -OCH3 is 2. The molecule has 0 fully saturated rings. The van der Waals surface area contributed by atoms with Crippen molar-refractivity contribution in [1.82, 2.24) is 4.72 Å². The van der Waals surface area contributed by atoms with Crippen LogP contribution in [0.25, 0.3) is 0 Å². The quantitative estimate of drug-likeness (QED) is 0.885. The molecular formula is C15H16FNO4S. The minimum absolute atomic E-state index is 0.00348. The zero-order valence-electron chi connectivity index (χ0n) is 12.2. The highest BCUT2D eigenvalue weighted by molar-refractivity contribution is 7.89. The number of hydrogen-bond acceptors (Lipinski definition) is 4. The van der Waals surface area contributed by atoms with E-state index in [4.69, 9.17) is 9.47 Å². The van der Waals surface area contributed by atoms with Crippen LogP contribution >= 0.6 is 0 Å². The molecule has 0 bridgehead atoms. The van der Waals surface area contributed by atoms with Crippen LogP contribution in [0.1, 0.15) is 5.56 Å². The second-order valence-electron chi connectivity index (χ2n) is 4.50. The van der Waals surface area contributed by atoms with E-state index in [2.05, 4.69) is 4.72 Å². The Morgan fingerprint density at radius 3 is 2.05 bits per heavy atom.